The van der Waals surface area contributed by atoms with Crippen molar-refractivity contribution < 1.29 is 18.3 Å². The Kier molecular flexibility index (Phi) is 7.82. The van der Waals surface area contributed by atoms with Gasteiger partial charge in [0.2, 0.25) is 0 Å². The van der Waals surface area contributed by atoms with Gasteiger partial charge in [-0.3, -0.25) is 0 Å². The zero-order valence-corrected chi connectivity index (χ0v) is 18.0. The van der Waals surface area contributed by atoms with Crippen LogP contribution in [0.25, 0.3) is 11.1 Å². The third-order valence-electron chi connectivity index (χ3n) is 5.25. The number of ether oxygens (including phenoxy) is 1. The molecule has 0 aliphatic carbocycles. The van der Waals surface area contributed by atoms with Gasteiger partial charge in [0, 0.05) is 36.1 Å². The number of hydrogen-bond donors (Lipinski definition) is 1. The Morgan fingerprint density at radius 1 is 1.00 bits per heavy atom. The number of rotatable bonds is 10. The summed E-state index contributed by atoms with van der Waals surface area (Å²) in [6.45, 7) is 3.12. The van der Waals surface area contributed by atoms with Crippen molar-refractivity contribution in [1.29, 1.82) is 0 Å². The summed E-state index contributed by atoms with van der Waals surface area (Å²) in [4.78, 5) is 12.2. The summed E-state index contributed by atoms with van der Waals surface area (Å²) < 4.78 is 34.0. The number of aromatic nitrogens is 1. The molecule has 3 aromatic rings. The minimum atomic E-state index is -0.464. The molecule has 1 aromatic heterocycles. The molecule has 0 unspecified atom stereocenters. The fraction of sp³-hybridized carbons (Fsp3) is 0.320. The highest BCUT2D eigenvalue weighted by atomic mass is 19.1. The van der Waals surface area contributed by atoms with E-state index < -0.39 is 11.6 Å². The molecule has 0 saturated carbocycles. The largest absolute Gasteiger partial charge is 0.464 e. The number of carbonyl (C=O) groups excluding carboxylic acids is 1. The second kappa shape index (κ2) is 10.8. The zero-order chi connectivity index (χ0) is 22.2. The van der Waals surface area contributed by atoms with Crippen molar-refractivity contribution in [3.05, 3.63) is 77.6 Å². The molecule has 0 spiro atoms. The molecular weight excluding hydrogens is 398 g/mol. The molecule has 4 nitrogen and oxygen atoms in total. The number of nitrogens with one attached hydrogen (secondary N) is 1. The summed E-state index contributed by atoms with van der Waals surface area (Å²) in [5.74, 6) is -1.26. The topological polar surface area (TPSA) is 43.3 Å². The third-order valence-corrected chi connectivity index (χ3v) is 5.25. The first-order valence-electron chi connectivity index (χ1n) is 10.6. The number of methoxy groups -OCH3 is 1. The van der Waals surface area contributed by atoms with Gasteiger partial charge < -0.3 is 14.6 Å². The van der Waals surface area contributed by atoms with Crippen LogP contribution in [0.15, 0.2) is 54.7 Å². The quantitative estimate of drug-likeness (QED) is 0.301. The predicted octanol–water partition coefficient (Wildman–Crippen LogP) is 6.41. The Hall–Kier alpha value is -3.15. The number of carbonyl (C=O) groups is 1. The van der Waals surface area contributed by atoms with Crippen LogP contribution in [0.2, 0.25) is 0 Å². The smallest absolute Gasteiger partial charge is 0.354 e. The van der Waals surface area contributed by atoms with Crippen molar-refractivity contribution in [2.75, 3.05) is 12.4 Å². The molecule has 0 aliphatic rings. The van der Waals surface area contributed by atoms with Crippen LogP contribution < -0.4 is 5.32 Å². The van der Waals surface area contributed by atoms with Crippen LogP contribution in [0.1, 0.15) is 48.7 Å². The van der Waals surface area contributed by atoms with Gasteiger partial charge in [-0.15, -0.1) is 0 Å². The minimum absolute atomic E-state index is 0.184. The molecule has 6 heteroatoms. The summed E-state index contributed by atoms with van der Waals surface area (Å²) >= 11 is 0. The van der Waals surface area contributed by atoms with Crippen LogP contribution in [-0.4, -0.2) is 17.6 Å². The lowest BCUT2D eigenvalue weighted by Crippen LogP contribution is -2.10. The Labute approximate surface area is 181 Å². The summed E-state index contributed by atoms with van der Waals surface area (Å²) in [5, 5.41) is 3.11. The molecule has 0 saturated heterocycles. The first-order chi connectivity index (χ1) is 15.0. The third kappa shape index (κ3) is 5.94. The number of halogens is 2. The van der Waals surface area contributed by atoms with Gasteiger partial charge in [0.1, 0.15) is 17.3 Å². The van der Waals surface area contributed by atoms with Crippen LogP contribution in [0, 0.1) is 11.6 Å². The van der Waals surface area contributed by atoms with Gasteiger partial charge in [-0.25, -0.2) is 13.6 Å². The first-order valence-corrected chi connectivity index (χ1v) is 10.6. The molecular formula is C25H28F2N2O2. The van der Waals surface area contributed by atoms with Crippen LogP contribution >= 0.6 is 0 Å². The first kappa shape index (κ1) is 22.5. The summed E-state index contributed by atoms with van der Waals surface area (Å²) in [6.07, 6.45) is 6.44. The molecule has 0 radical (unpaired) electrons. The Morgan fingerprint density at radius 3 is 2.48 bits per heavy atom. The maximum atomic E-state index is 13.8. The average molecular weight is 427 g/mol. The number of esters is 1. The Morgan fingerprint density at radius 2 is 1.77 bits per heavy atom. The van der Waals surface area contributed by atoms with Crippen LogP contribution in [-0.2, 0) is 17.8 Å². The summed E-state index contributed by atoms with van der Waals surface area (Å²) in [7, 11) is 1.39. The van der Waals surface area contributed by atoms with Crippen molar-refractivity contribution in [3.8, 4) is 11.1 Å². The number of benzene rings is 2. The number of nitrogens with zero attached hydrogens (tertiary/aromatic N) is 1. The molecule has 164 valence electrons. The highest BCUT2D eigenvalue weighted by Gasteiger charge is 2.15. The van der Waals surface area contributed by atoms with Crippen LogP contribution in [0.3, 0.4) is 0 Å². The van der Waals surface area contributed by atoms with E-state index in [0.717, 1.165) is 54.8 Å². The van der Waals surface area contributed by atoms with Crippen molar-refractivity contribution in [2.24, 2.45) is 0 Å². The maximum absolute atomic E-state index is 13.8. The van der Waals surface area contributed by atoms with Gasteiger partial charge in [0.25, 0.3) is 0 Å². The fourth-order valence-corrected chi connectivity index (χ4v) is 3.49. The van der Waals surface area contributed by atoms with Gasteiger partial charge >= 0.3 is 5.97 Å². The molecule has 3 rings (SSSR count). The van der Waals surface area contributed by atoms with E-state index >= 15 is 0 Å². The minimum Gasteiger partial charge on any atom is -0.464 e. The van der Waals surface area contributed by atoms with Crippen molar-refractivity contribution >= 4 is 11.7 Å². The van der Waals surface area contributed by atoms with E-state index in [9.17, 15) is 13.6 Å². The van der Waals surface area contributed by atoms with E-state index in [2.05, 4.69) is 12.2 Å². The molecule has 1 heterocycles. The molecule has 2 aromatic carbocycles. The number of hydrogen-bond acceptors (Lipinski definition) is 3. The Bertz CT molecular complexity index is 1010. The van der Waals surface area contributed by atoms with Gasteiger partial charge in [-0.2, -0.15) is 0 Å². The van der Waals surface area contributed by atoms with Gasteiger partial charge in [-0.1, -0.05) is 38.3 Å². The Balaban J connectivity index is 1.71. The normalized spacial score (nSPS) is 10.8. The monoisotopic (exact) mass is 426 g/mol. The van der Waals surface area contributed by atoms with Crippen molar-refractivity contribution in [3.63, 3.8) is 0 Å². The highest BCUT2D eigenvalue weighted by molar-refractivity contribution is 5.89. The zero-order valence-electron chi connectivity index (χ0n) is 18.0. The fourth-order valence-electron chi connectivity index (χ4n) is 3.49. The van der Waals surface area contributed by atoms with Crippen molar-refractivity contribution in [2.45, 2.75) is 45.7 Å². The molecule has 0 atom stereocenters. The average Bonchev–Trinajstić information content (AvgIpc) is 3.21. The molecule has 0 aliphatic heterocycles. The van der Waals surface area contributed by atoms with Gasteiger partial charge in [0.05, 0.1) is 7.11 Å². The lowest BCUT2D eigenvalue weighted by atomic mass is 10.1. The number of anilines is 1. The van der Waals surface area contributed by atoms with Crippen LogP contribution in [0.4, 0.5) is 14.5 Å². The standard InChI is InChI=1S/C25H28F2N2O2/c1-3-4-5-6-13-29-17-20(15-24(29)25(30)31-2)18-7-10-22(11-8-18)28-16-19-14-21(26)9-12-23(19)27/h7-12,14-15,17,28H,3-6,13,16H2,1-2H3. The lowest BCUT2D eigenvalue weighted by molar-refractivity contribution is 0.0588. The number of unbranched alkanes of at least 4 members (excludes halogenated alkanes) is 3. The van der Waals surface area contributed by atoms with Gasteiger partial charge in [0.15, 0.2) is 0 Å². The van der Waals surface area contributed by atoms with E-state index in [4.69, 9.17) is 4.74 Å². The van der Waals surface area contributed by atoms with E-state index in [1.807, 2.05) is 41.1 Å². The molecule has 31 heavy (non-hydrogen) atoms. The molecule has 0 bridgehead atoms. The summed E-state index contributed by atoms with van der Waals surface area (Å²) in [6, 6.07) is 12.9. The molecule has 0 fully saturated rings. The van der Waals surface area contributed by atoms with E-state index in [-0.39, 0.29) is 18.1 Å². The number of aryl methyl sites for hydroxylation is 1. The SMILES string of the molecule is CCCCCCn1cc(-c2ccc(NCc3cc(F)ccc3F)cc2)cc1C(=O)OC. The predicted molar refractivity (Wildman–Crippen MR) is 119 cm³/mol. The lowest BCUT2D eigenvalue weighted by Gasteiger charge is -2.08. The van der Waals surface area contributed by atoms with E-state index in [1.54, 1.807) is 0 Å². The van der Waals surface area contributed by atoms with Crippen molar-refractivity contribution in [1.82, 2.24) is 4.57 Å². The van der Waals surface area contributed by atoms with Crippen LogP contribution in [0.5, 0.6) is 0 Å². The summed E-state index contributed by atoms with van der Waals surface area (Å²) in [5.41, 5.74) is 3.49. The highest BCUT2D eigenvalue weighted by Crippen LogP contribution is 2.25. The van der Waals surface area contributed by atoms with Gasteiger partial charge in [-0.05, 0) is 48.4 Å². The second-order valence-corrected chi connectivity index (χ2v) is 7.53. The van der Waals surface area contributed by atoms with E-state index in [0.29, 0.717) is 5.69 Å². The molecule has 1 N–H and O–H groups in total. The molecule has 0 amide bonds. The maximum Gasteiger partial charge on any atom is 0.354 e. The van der Waals surface area contributed by atoms with E-state index in [1.165, 1.54) is 19.6 Å². The second-order valence-electron chi connectivity index (χ2n) is 7.53.